The van der Waals surface area contributed by atoms with Gasteiger partial charge in [0, 0.05) is 12.1 Å². The van der Waals surface area contributed by atoms with E-state index in [0.29, 0.717) is 25.7 Å². The molecule has 0 atom stereocenters. The number of hydrogen-bond acceptors (Lipinski definition) is 5. The van der Waals surface area contributed by atoms with Crippen LogP contribution in [0.5, 0.6) is 5.75 Å². The quantitative estimate of drug-likeness (QED) is 0.424. The van der Waals surface area contributed by atoms with Gasteiger partial charge in [-0.15, -0.1) is 0 Å². The summed E-state index contributed by atoms with van der Waals surface area (Å²) >= 11 is 0. The van der Waals surface area contributed by atoms with Crippen molar-refractivity contribution in [2.75, 3.05) is 12.4 Å². The first kappa shape index (κ1) is 17.3. The topological polar surface area (TPSA) is 113 Å². The lowest BCUT2D eigenvalue weighted by atomic mass is 10.2. The van der Waals surface area contributed by atoms with Crippen LogP contribution in [-0.2, 0) is 10.0 Å². The van der Waals surface area contributed by atoms with Crippen LogP contribution in [0, 0.1) is 15.9 Å². The average Bonchev–Trinajstić information content (AvgIpc) is 2.36. The van der Waals surface area contributed by atoms with E-state index in [4.69, 9.17) is 9.88 Å². The van der Waals surface area contributed by atoms with E-state index in [1.165, 1.54) is 0 Å². The molecule has 118 valence electrons. The Bertz CT molecular complexity index is 591. The number of hydrogen-bond donors (Lipinski definition) is 1. The van der Waals surface area contributed by atoms with E-state index in [1.807, 2.05) is 0 Å². The maximum absolute atomic E-state index is 13.0. The van der Waals surface area contributed by atoms with Gasteiger partial charge < -0.3 is 4.74 Å². The van der Waals surface area contributed by atoms with Crippen molar-refractivity contribution >= 4 is 15.7 Å². The molecule has 9 heteroatoms. The average molecular weight is 320 g/mol. The van der Waals surface area contributed by atoms with Gasteiger partial charge in [-0.2, -0.15) is 0 Å². The predicted molar refractivity (Wildman–Crippen MR) is 75.0 cm³/mol. The second-order valence-corrected chi connectivity index (χ2v) is 6.23. The molecule has 1 aromatic rings. The van der Waals surface area contributed by atoms with Gasteiger partial charge in [0.15, 0.2) is 5.75 Å². The molecule has 7 nitrogen and oxygen atoms in total. The van der Waals surface area contributed by atoms with Gasteiger partial charge in [0.1, 0.15) is 5.82 Å². The van der Waals surface area contributed by atoms with E-state index >= 15 is 0 Å². The van der Waals surface area contributed by atoms with E-state index in [-0.39, 0.29) is 23.8 Å². The predicted octanol–water partition coefficient (Wildman–Crippen LogP) is 1.96. The van der Waals surface area contributed by atoms with Crippen molar-refractivity contribution in [1.29, 1.82) is 0 Å². The highest BCUT2D eigenvalue weighted by Crippen LogP contribution is 2.27. The number of benzene rings is 1. The SMILES string of the molecule is NS(=O)(=O)CCCCCCOc1cc(F)ccc1[N+](=O)[O-]. The molecule has 0 radical (unpaired) electrons. The molecule has 0 aromatic heterocycles. The Balaban J connectivity index is 2.33. The third kappa shape index (κ3) is 7.00. The zero-order valence-electron chi connectivity index (χ0n) is 11.3. The number of unbranched alkanes of at least 4 members (excludes halogenated alkanes) is 3. The maximum Gasteiger partial charge on any atom is 0.311 e. The molecule has 0 unspecified atom stereocenters. The Hall–Kier alpha value is -1.74. The van der Waals surface area contributed by atoms with E-state index < -0.39 is 20.8 Å². The fraction of sp³-hybridized carbons (Fsp3) is 0.500. The molecular formula is C12H17FN2O5S. The fourth-order valence-corrected chi connectivity index (χ4v) is 2.30. The van der Waals surface area contributed by atoms with Gasteiger partial charge in [-0.25, -0.2) is 17.9 Å². The van der Waals surface area contributed by atoms with Crippen LogP contribution in [0.3, 0.4) is 0 Å². The molecule has 0 saturated heterocycles. The van der Waals surface area contributed by atoms with Crippen LogP contribution in [0.15, 0.2) is 18.2 Å². The van der Waals surface area contributed by atoms with Crippen LogP contribution in [-0.4, -0.2) is 25.7 Å². The number of sulfonamides is 1. The Morgan fingerprint density at radius 2 is 1.90 bits per heavy atom. The first-order valence-electron chi connectivity index (χ1n) is 6.37. The zero-order chi connectivity index (χ0) is 15.9. The number of nitro groups is 1. The van der Waals surface area contributed by atoms with Gasteiger partial charge in [0.25, 0.3) is 0 Å². The van der Waals surface area contributed by atoms with Crippen molar-refractivity contribution in [2.45, 2.75) is 25.7 Å². The van der Waals surface area contributed by atoms with Gasteiger partial charge in [-0.05, 0) is 18.9 Å². The molecule has 0 saturated carbocycles. The van der Waals surface area contributed by atoms with E-state index in [9.17, 15) is 22.9 Å². The van der Waals surface area contributed by atoms with Crippen LogP contribution in [0.4, 0.5) is 10.1 Å². The van der Waals surface area contributed by atoms with Gasteiger partial charge in [0.2, 0.25) is 10.0 Å². The lowest BCUT2D eigenvalue weighted by Gasteiger charge is -2.06. The number of rotatable bonds is 9. The molecular weight excluding hydrogens is 303 g/mol. The molecule has 0 heterocycles. The van der Waals surface area contributed by atoms with Gasteiger partial charge in [-0.1, -0.05) is 12.8 Å². The molecule has 1 aromatic carbocycles. The lowest BCUT2D eigenvalue weighted by molar-refractivity contribution is -0.385. The summed E-state index contributed by atoms with van der Waals surface area (Å²) in [6.45, 7) is 0.194. The molecule has 0 fully saturated rings. The van der Waals surface area contributed by atoms with Crippen molar-refractivity contribution in [3.8, 4) is 5.75 Å². The van der Waals surface area contributed by atoms with Gasteiger partial charge in [0.05, 0.1) is 17.3 Å². The van der Waals surface area contributed by atoms with Crippen molar-refractivity contribution in [3.05, 3.63) is 34.1 Å². The highest BCUT2D eigenvalue weighted by atomic mass is 32.2. The number of ether oxygens (including phenoxy) is 1. The number of nitrogens with two attached hydrogens (primary N) is 1. The summed E-state index contributed by atoms with van der Waals surface area (Å²) < 4.78 is 39.6. The van der Waals surface area contributed by atoms with Crippen molar-refractivity contribution in [1.82, 2.24) is 0 Å². The van der Waals surface area contributed by atoms with E-state index in [2.05, 4.69) is 0 Å². The minimum absolute atomic E-state index is 0.0662. The van der Waals surface area contributed by atoms with Crippen LogP contribution in [0.2, 0.25) is 0 Å². The van der Waals surface area contributed by atoms with Crippen molar-refractivity contribution in [2.24, 2.45) is 5.14 Å². The summed E-state index contributed by atoms with van der Waals surface area (Å²) in [4.78, 5) is 10.1. The monoisotopic (exact) mass is 320 g/mol. The highest BCUT2D eigenvalue weighted by molar-refractivity contribution is 7.89. The maximum atomic E-state index is 13.0. The standard InChI is InChI=1S/C12H17FN2O5S/c13-10-5-6-11(15(16)17)12(9-10)20-7-3-1-2-4-8-21(14,18)19/h5-6,9H,1-4,7-8H2,(H2,14,18,19). The summed E-state index contributed by atoms with van der Waals surface area (Å²) in [7, 11) is -3.43. The summed E-state index contributed by atoms with van der Waals surface area (Å²) in [5, 5.41) is 15.6. The highest BCUT2D eigenvalue weighted by Gasteiger charge is 2.15. The second-order valence-electron chi connectivity index (χ2n) is 4.50. The third-order valence-corrected chi connectivity index (χ3v) is 3.56. The van der Waals surface area contributed by atoms with Crippen LogP contribution < -0.4 is 9.88 Å². The second kappa shape index (κ2) is 7.89. The number of halogens is 1. The van der Waals surface area contributed by atoms with Crippen LogP contribution >= 0.6 is 0 Å². The molecule has 0 aliphatic rings. The summed E-state index contributed by atoms with van der Waals surface area (Å²) in [5.41, 5.74) is -0.286. The number of nitrogens with zero attached hydrogens (tertiary/aromatic N) is 1. The zero-order valence-corrected chi connectivity index (χ0v) is 12.1. The third-order valence-electron chi connectivity index (χ3n) is 2.70. The van der Waals surface area contributed by atoms with Gasteiger partial charge >= 0.3 is 5.69 Å². The van der Waals surface area contributed by atoms with Gasteiger partial charge in [-0.3, -0.25) is 10.1 Å². The van der Waals surface area contributed by atoms with Crippen LogP contribution in [0.25, 0.3) is 0 Å². The lowest BCUT2D eigenvalue weighted by Crippen LogP contribution is -2.16. The van der Waals surface area contributed by atoms with E-state index in [0.717, 1.165) is 18.2 Å². The number of nitro benzene ring substituents is 1. The molecule has 21 heavy (non-hydrogen) atoms. The Morgan fingerprint density at radius 1 is 1.24 bits per heavy atom. The van der Waals surface area contributed by atoms with E-state index in [1.54, 1.807) is 0 Å². The molecule has 0 bridgehead atoms. The Labute approximate surface area is 122 Å². The fourth-order valence-electron chi connectivity index (χ4n) is 1.70. The summed E-state index contributed by atoms with van der Waals surface area (Å²) in [6, 6.07) is 3.02. The first-order chi connectivity index (χ1) is 9.79. The summed E-state index contributed by atoms with van der Waals surface area (Å²) in [5.74, 6) is -0.781. The van der Waals surface area contributed by atoms with Crippen molar-refractivity contribution in [3.63, 3.8) is 0 Å². The minimum atomic E-state index is -3.43. The molecule has 0 aliphatic carbocycles. The van der Waals surface area contributed by atoms with Crippen molar-refractivity contribution < 1.29 is 22.5 Å². The summed E-state index contributed by atoms with van der Waals surface area (Å²) in [6.07, 6.45) is 2.39. The normalized spacial score (nSPS) is 11.3. The molecule has 2 N–H and O–H groups in total. The van der Waals surface area contributed by atoms with Crippen LogP contribution in [0.1, 0.15) is 25.7 Å². The molecule has 1 rings (SSSR count). The Kier molecular flexibility index (Phi) is 6.50. The molecule has 0 spiro atoms. The Morgan fingerprint density at radius 3 is 2.52 bits per heavy atom. The number of primary sulfonamides is 1. The first-order valence-corrected chi connectivity index (χ1v) is 8.08. The largest absolute Gasteiger partial charge is 0.487 e. The minimum Gasteiger partial charge on any atom is -0.487 e. The molecule has 0 aliphatic heterocycles. The molecule has 0 amide bonds. The smallest absolute Gasteiger partial charge is 0.311 e.